The lowest BCUT2D eigenvalue weighted by Crippen LogP contribution is -2.07. The Morgan fingerprint density at radius 3 is 2.50 bits per heavy atom. The molecule has 1 aromatic heterocycles. The molecule has 3 aromatic rings. The zero-order chi connectivity index (χ0) is 18.6. The number of halogens is 4. The second-order valence-corrected chi connectivity index (χ2v) is 5.83. The van der Waals surface area contributed by atoms with Crippen LogP contribution in [-0.4, -0.2) is 9.97 Å². The zero-order valence-electron chi connectivity index (χ0n) is 13.4. The van der Waals surface area contributed by atoms with Crippen molar-refractivity contribution in [2.45, 2.75) is 12.7 Å². The van der Waals surface area contributed by atoms with Gasteiger partial charge in [0, 0.05) is 18.4 Å². The molecular formula is C18H14ClF3N4. The van der Waals surface area contributed by atoms with Crippen LogP contribution in [0.15, 0.2) is 60.8 Å². The van der Waals surface area contributed by atoms with Crippen molar-refractivity contribution in [2.75, 3.05) is 10.6 Å². The second kappa shape index (κ2) is 7.61. The van der Waals surface area contributed by atoms with Gasteiger partial charge in [0.05, 0.1) is 10.6 Å². The highest BCUT2D eigenvalue weighted by molar-refractivity contribution is 6.31. The molecule has 0 amide bonds. The molecule has 0 aliphatic rings. The topological polar surface area (TPSA) is 49.8 Å². The van der Waals surface area contributed by atoms with Crippen LogP contribution < -0.4 is 10.6 Å². The van der Waals surface area contributed by atoms with Crippen LogP contribution in [0.25, 0.3) is 0 Å². The number of hydrogen-bond acceptors (Lipinski definition) is 4. The summed E-state index contributed by atoms with van der Waals surface area (Å²) in [5.41, 5.74) is 0.359. The quantitative estimate of drug-likeness (QED) is 0.615. The van der Waals surface area contributed by atoms with E-state index in [-0.39, 0.29) is 16.7 Å². The highest BCUT2D eigenvalue weighted by Crippen LogP contribution is 2.36. The molecule has 0 spiro atoms. The molecular weight excluding hydrogens is 365 g/mol. The molecule has 0 aliphatic heterocycles. The Hall–Kier alpha value is -2.80. The smallest absolute Gasteiger partial charge is 0.366 e. The number of nitrogens with one attached hydrogen (secondary N) is 2. The van der Waals surface area contributed by atoms with Crippen LogP contribution in [0.4, 0.5) is 30.6 Å². The minimum Gasteiger partial charge on any atom is -0.366 e. The molecule has 8 heteroatoms. The molecule has 3 rings (SSSR count). The average molecular weight is 379 g/mol. The van der Waals surface area contributed by atoms with E-state index in [9.17, 15) is 13.2 Å². The third-order valence-electron chi connectivity index (χ3n) is 3.50. The van der Waals surface area contributed by atoms with E-state index in [1.54, 1.807) is 6.07 Å². The van der Waals surface area contributed by atoms with E-state index in [4.69, 9.17) is 11.6 Å². The van der Waals surface area contributed by atoms with Crippen molar-refractivity contribution in [1.29, 1.82) is 0 Å². The maximum Gasteiger partial charge on any atom is 0.417 e. The monoisotopic (exact) mass is 378 g/mol. The Labute approximate surface area is 153 Å². The molecule has 0 bridgehead atoms. The SMILES string of the molecule is FC(F)(F)c1cc(Nc2nccc(NCc3ccccc3)n2)ccc1Cl. The van der Waals surface area contributed by atoms with Crippen LogP contribution >= 0.6 is 11.6 Å². The Morgan fingerprint density at radius 2 is 1.77 bits per heavy atom. The molecule has 134 valence electrons. The molecule has 0 aliphatic carbocycles. The number of rotatable bonds is 5. The number of aromatic nitrogens is 2. The highest BCUT2D eigenvalue weighted by atomic mass is 35.5. The van der Waals surface area contributed by atoms with Gasteiger partial charge >= 0.3 is 6.18 Å². The molecule has 0 saturated carbocycles. The van der Waals surface area contributed by atoms with Crippen LogP contribution in [0.5, 0.6) is 0 Å². The van der Waals surface area contributed by atoms with Crippen LogP contribution in [0.1, 0.15) is 11.1 Å². The van der Waals surface area contributed by atoms with E-state index in [1.807, 2.05) is 30.3 Å². The van der Waals surface area contributed by atoms with Gasteiger partial charge in [0.25, 0.3) is 0 Å². The zero-order valence-corrected chi connectivity index (χ0v) is 14.1. The van der Waals surface area contributed by atoms with E-state index in [1.165, 1.54) is 18.3 Å². The van der Waals surface area contributed by atoms with Gasteiger partial charge < -0.3 is 10.6 Å². The van der Waals surface area contributed by atoms with Gasteiger partial charge in [-0.1, -0.05) is 41.9 Å². The van der Waals surface area contributed by atoms with Gasteiger partial charge in [0.2, 0.25) is 5.95 Å². The second-order valence-electron chi connectivity index (χ2n) is 5.42. The van der Waals surface area contributed by atoms with Gasteiger partial charge in [-0.05, 0) is 29.8 Å². The van der Waals surface area contributed by atoms with E-state index < -0.39 is 11.7 Å². The minimum atomic E-state index is -4.53. The van der Waals surface area contributed by atoms with E-state index in [0.29, 0.717) is 12.4 Å². The third-order valence-corrected chi connectivity index (χ3v) is 3.83. The maximum absolute atomic E-state index is 12.9. The number of benzene rings is 2. The molecule has 26 heavy (non-hydrogen) atoms. The first-order valence-electron chi connectivity index (χ1n) is 7.66. The lowest BCUT2D eigenvalue weighted by atomic mass is 10.2. The van der Waals surface area contributed by atoms with E-state index in [2.05, 4.69) is 20.6 Å². The summed E-state index contributed by atoms with van der Waals surface area (Å²) in [6, 6.07) is 15.0. The summed E-state index contributed by atoms with van der Waals surface area (Å²) in [5, 5.41) is 5.54. The molecule has 4 nitrogen and oxygen atoms in total. The maximum atomic E-state index is 12.9. The van der Waals surface area contributed by atoms with Crippen LogP contribution in [0.3, 0.4) is 0 Å². The predicted octanol–water partition coefficient (Wildman–Crippen LogP) is 5.50. The summed E-state index contributed by atoms with van der Waals surface area (Å²) in [6.45, 7) is 0.566. The number of anilines is 3. The van der Waals surface area contributed by atoms with Gasteiger partial charge in [-0.25, -0.2) is 4.98 Å². The van der Waals surface area contributed by atoms with Crippen molar-refractivity contribution in [3.63, 3.8) is 0 Å². The molecule has 0 atom stereocenters. The Balaban J connectivity index is 1.73. The first kappa shape index (κ1) is 18.0. The summed E-state index contributed by atoms with van der Waals surface area (Å²) in [4.78, 5) is 8.28. The fourth-order valence-electron chi connectivity index (χ4n) is 2.26. The Morgan fingerprint density at radius 1 is 1.00 bits per heavy atom. The average Bonchev–Trinajstić information content (AvgIpc) is 2.62. The van der Waals surface area contributed by atoms with Gasteiger partial charge in [-0.15, -0.1) is 0 Å². The van der Waals surface area contributed by atoms with Gasteiger partial charge in [0.15, 0.2) is 0 Å². The summed E-state index contributed by atoms with van der Waals surface area (Å²) >= 11 is 5.62. The molecule has 0 fully saturated rings. The number of nitrogens with zero attached hydrogens (tertiary/aromatic N) is 2. The Bertz CT molecular complexity index is 885. The van der Waals surface area contributed by atoms with Crippen LogP contribution in [0, 0.1) is 0 Å². The van der Waals surface area contributed by atoms with Crippen molar-refractivity contribution in [3.05, 3.63) is 76.9 Å². The number of hydrogen-bond donors (Lipinski definition) is 2. The molecule has 1 heterocycles. The van der Waals surface area contributed by atoms with Crippen LogP contribution in [-0.2, 0) is 12.7 Å². The van der Waals surface area contributed by atoms with Crippen molar-refractivity contribution >= 4 is 29.1 Å². The molecule has 0 radical (unpaired) electrons. The molecule has 0 saturated heterocycles. The highest BCUT2D eigenvalue weighted by Gasteiger charge is 2.33. The van der Waals surface area contributed by atoms with Crippen molar-refractivity contribution in [3.8, 4) is 0 Å². The lowest BCUT2D eigenvalue weighted by molar-refractivity contribution is -0.137. The van der Waals surface area contributed by atoms with Gasteiger partial charge in [0.1, 0.15) is 5.82 Å². The minimum absolute atomic E-state index is 0.179. The lowest BCUT2D eigenvalue weighted by Gasteiger charge is -2.12. The molecule has 2 N–H and O–H groups in total. The molecule has 0 unspecified atom stereocenters. The predicted molar refractivity (Wildman–Crippen MR) is 95.5 cm³/mol. The first-order valence-corrected chi connectivity index (χ1v) is 8.04. The largest absolute Gasteiger partial charge is 0.417 e. The number of alkyl halides is 3. The standard InChI is InChI=1S/C18H14ClF3N4/c19-15-7-6-13(10-14(15)18(20,21)22)25-17-23-9-8-16(26-17)24-11-12-4-2-1-3-5-12/h1-10H,11H2,(H2,23,24,25,26). The van der Waals surface area contributed by atoms with Crippen molar-refractivity contribution in [2.24, 2.45) is 0 Å². The van der Waals surface area contributed by atoms with Crippen molar-refractivity contribution < 1.29 is 13.2 Å². The summed E-state index contributed by atoms with van der Waals surface area (Å²) in [5.74, 6) is 0.731. The summed E-state index contributed by atoms with van der Waals surface area (Å²) in [7, 11) is 0. The fraction of sp³-hybridized carbons (Fsp3) is 0.111. The van der Waals surface area contributed by atoms with Gasteiger partial charge in [-0.3, -0.25) is 0 Å². The first-order chi connectivity index (χ1) is 12.4. The van der Waals surface area contributed by atoms with Crippen molar-refractivity contribution in [1.82, 2.24) is 9.97 Å². The van der Waals surface area contributed by atoms with E-state index >= 15 is 0 Å². The summed E-state index contributed by atoms with van der Waals surface area (Å²) in [6.07, 6.45) is -3.02. The fourth-order valence-corrected chi connectivity index (χ4v) is 2.48. The van der Waals surface area contributed by atoms with Crippen LogP contribution in [0.2, 0.25) is 5.02 Å². The van der Waals surface area contributed by atoms with E-state index in [0.717, 1.165) is 11.6 Å². The Kier molecular flexibility index (Phi) is 5.27. The third kappa shape index (κ3) is 4.64. The summed E-state index contributed by atoms with van der Waals surface area (Å²) < 4.78 is 38.8. The van der Waals surface area contributed by atoms with Gasteiger partial charge in [-0.2, -0.15) is 18.2 Å². The molecule has 2 aromatic carbocycles. The normalized spacial score (nSPS) is 11.2.